The van der Waals surface area contributed by atoms with Crippen LogP contribution in [0.2, 0.25) is 18.1 Å². The number of allylic oxidation sites excluding steroid dienone is 3. The highest BCUT2D eigenvalue weighted by Gasteiger charge is 2.50. The zero-order chi connectivity index (χ0) is 27.8. The van der Waals surface area contributed by atoms with Crippen molar-refractivity contribution in [1.82, 2.24) is 0 Å². The second-order valence-corrected chi connectivity index (χ2v) is 19.9. The number of rotatable bonds is 8. The van der Waals surface area contributed by atoms with Gasteiger partial charge in [0.2, 0.25) is 0 Å². The van der Waals surface area contributed by atoms with Gasteiger partial charge in [0.1, 0.15) is 0 Å². The molecular formula is C33H58O3Si. The minimum absolute atomic E-state index is 0.0725. The van der Waals surface area contributed by atoms with Crippen molar-refractivity contribution in [3.05, 3.63) is 35.5 Å². The van der Waals surface area contributed by atoms with Crippen LogP contribution in [0.3, 0.4) is 0 Å². The lowest BCUT2D eigenvalue weighted by atomic mass is 9.60. The number of fused-ring (bicyclic) bond motifs is 1. The van der Waals surface area contributed by atoms with Gasteiger partial charge in [-0.1, -0.05) is 71.8 Å². The summed E-state index contributed by atoms with van der Waals surface area (Å²) in [6.07, 6.45) is 15.4. The summed E-state index contributed by atoms with van der Waals surface area (Å²) in [5, 5.41) is 21.1. The maximum Gasteiger partial charge on any atom is 0.192 e. The van der Waals surface area contributed by atoms with E-state index in [-0.39, 0.29) is 11.1 Å². The van der Waals surface area contributed by atoms with Gasteiger partial charge in [0.05, 0.1) is 17.8 Å². The molecule has 0 unspecified atom stereocenters. The lowest BCUT2D eigenvalue weighted by molar-refractivity contribution is 0.0596. The Kier molecular flexibility index (Phi) is 9.53. The molecule has 0 bridgehead atoms. The molecule has 3 rings (SSSR count). The minimum Gasteiger partial charge on any atom is -0.413 e. The first kappa shape index (κ1) is 30.9. The first-order chi connectivity index (χ1) is 16.9. The Morgan fingerprint density at radius 1 is 1.16 bits per heavy atom. The van der Waals surface area contributed by atoms with Crippen molar-refractivity contribution in [3.63, 3.8) is 0 Å². The van der Waals surface area contributed by atoms with Crippen molar-refractivity contribution in [2.24, 2.45) is 23.2 Å². The van der Waals surface area contributed by atoms with Gasteiger partial charge in [-0.05, 0) is 111 Å². The van der Waals surface area contributed by atoms with Crippen molar-refractivity contribution < 1.29 is 14.6 Å². The van der Waals surface area contributed by atoms with E-state index in [1.165, 1.54) is 44.1 Å². The van der Waals surface area contributed by atoms with E-state index in [9.17, 15) is 10.2 Å². The fraction of sp³-hybridized carbons (Fsp3) is 0.818. The summed E-state index contributed by atoms with van der Waals surface area (Å²) in [4.78, 5) is 0. The first-order valence-corrected chi connectivity index (χ1v) is 18.0. The van der Waals surface area contributed by atoms with E-state index in [0.29, 0.717) is 23.7 Å². The highest BCUT2D eigenvalue weighted by molar-refractivity contribution is 6.74. The van der Waals surface area contributed by atoms with Crippen molar-refractivity contribution in [2.75, 3.05) is 0 Å². The number of aliphatic hydroxyl groups is 2. The zero-order valence-corrected chi connectivity index (χ0v) is 26.6. The Balaban J connectivity index is 1.73. The van der Waals surface area contributed by atoms with E-state index in [4.69, 9.17) is 4.43 Å². The Bertz CT molecular complexity index is 871. The molecule has 0 amide bonds. The van der Waals surface area contributed by atoms with E-state index in [0.717, 1.165) is 30.8 Å². The molecule has 0 spiro atoms. The molecule has 3 saturated carbocycles. The van der Waals surface area contributed by atoms with Crippen molar-refractivity contribution in [2.45, 2.75) is 149 Å². The first-order valence-electron chi connectivity index (χ1n) is 15.1. The molecule has 0 saturated heterocycles. The van der Waals surface area contributed by atoms with Crippen LogP contribution in [-0.4, -0.2) is 36.3 Å². The largest absolute Gasteiger partial charge is 0.413 e. The Hall–Kier alpha value is -0.683. The fourth-order valence-corrected chi connectivity index (χ4v) is 8.77. The van der Waals surface area contributed by atoms with Crippen molar-refractivity contribution in [3.8, 4) is 0 Å². The zero-order valence-electron chi connectivity index (χ0n) is 25.6. The molecule has 4 heteroatoms. The second kappa shape index (κ2) is 11.4. The second-order valence-electron chi connectivity index (χ2n) is 15.2. The predicted molar refractivity (Wildman–Crippen MR) is 160 cm³/mol. The third kappa shape index (κ3) is 7.29. The average molecular weight is 531 g/mol. The molecule has 3 aliphatic carbocycles. The molecular weight excluding hydrogens is 472 g/mol. The van der Waals surface area contributed by atoms with Crippen LogP contribution in [0.4, 0.5) is 0 Å². The monoisotopic (exact) mass is 530 g/mol. The molecule has 0 aromatic rings. The molecule has 3 fully saturated rings. The molecule has 0 heterocycles. The maximum atomic E-state index is 10.8. The van der Waals surface area contributed by atoms with E-state index in [2.05, 4.69) is 66.4 Å². The molecule has 37 heavy (non-hydrogen) atoms. The van der Waals surface area contributed by atoms with Gasteiger partial charge >= 0.3 is 0 Å². The molecule has 3 aliphatic rings. The smallest absolute Gasteiger partial charge is 0.192 e. The molecule has 212 valence electrons. The van der Waals surface area contributed by atoms with Gasteiger partial charge in [-0.25, -0.2) is 0 Å². The summed E-state index contributed by atoms with van der Waals surface area (Å²) in [7, 11) is -1.89. The summed E-state index contributed by atoms with van der Waals surface area (Å²) < 4.78 is 6.72. The Labute approximate surface area is 230 Å². The summed E-state index contributed by atoms with van der Waals surface area (Å²) in [5.41, 5.74) is 3.50. The highest BCUT2D eigenvalue weighted by Crippen LogP contribution is 2.60. The number of hydrogen-bond acceptors (Lipinski definition) is 3. The van der Waals surface area contributed by atoms with Crippen LogP contribution < -0.4 is 0 Å². The van der Waals surface area contributed by atoms with Crippen LogP contribution in [-0.2, 0) is 4.43 Å². The fourth-order valence-electron chi connectivity index (χ4n) is 7.40. The van der Waals surface area contributed by atoms with Crippen LogP contribution in [0.1, 0.15) is 113 Å². The number of aliphatic hydroxyl groups excluding tert-OH is 1. The summed E-state index contributed by atoms with van der Waals surface area (Å²) >= 11 is 0. The van der Waals surface area contributed by atoms with E-state index in [1.807, 2.05) is 13.8 Å². The van der Waals surface area contributed by atoms with Gasteiger partial charge < -0.3 is 14.6 Å². The normalized spacial score (nSPS) is 34.7. The molecule has 0 aromatic heterocycles. The van der Waals surface area contributed by atoms with Gasteiger partial charge in [-0.3, -0.25) is 0 Å². The lowest BCUT2D eigenvalue weighted by Crippen LogP contribution is -2.46. The minimum atomic E-state index is -1.89. The topological polar surface area (TPSA) is 49.7 Å². The Morgan fingerprint density at radius 2 is 1.84 bits per heavy atom. The highest BCUT2D eigenvalue weighted by atomic mass is 28.4. The van der Waals surface area contributed by atoms with Gasteiger partial charge in [0.25, 0.3) is 0 Å². The van der Waals surface area contributed by atoms with Crippen LogP contribution in [0.25, 0.3) is 0 Å². The summed E-state index contributed by atoms with van der Waals surface area (Å²) in [6, 6.07) is 0. The molecule has 3 nitrogen and oxygen atoms in total. The SMILES string of the molecule is C=C1/C(=C\C=C2CCC[C@]3(C)[C@@H]([C@H](C)CCCC(C)(C)O)CC[C@@H]23)C[C@@H](O[Si](C)(C)C(C)(C)C)C[C@@H]1O. The van der Waals surface area contributed by atoms with Crippen LogP contribution in [0, 0.1) is 23.2 Å². The van der Waals surface area contributed by atoms with Crippen LogP contribution in [0.15, 0.2) is 35.5 Å². The average Bonchev–Trinajstić information content (AvgIpc) is 3.10. The van der Waals surface area contributed by atoms with E-state index in [1.54, 1.807) is 5.57 Å². The molecule has 2 N–H and O–H groups in total. The maximum absolute atomic E-state index is 10.8. The molecule has 0 aromatic carbocycles. The van der Waals surface area contributed by atoms with Crippen LogP contribution in [0.5, 0.6) is 0 Å². The van der Waals surface area contributed by atoms with Gasteiger partial charge in [-0.15, -0.1) is 0 Å². The van der Waals surface area contributed by atoms with Crippen LogP contribution >= 0.6 is 0 Å². The summed E-state index contributed by atoms with van der Waals surface area (Å²) in [6.45, 7) is 24.6. The summed E-state index contributed by atoms with van der Waals surface area (Å²) in [5.74, 6) is 2.14. The third-order valence-corrected chi connectivity index (χ3v) is 15.2. The predicted octanol–water partition coefficient (Wildman–Crippen LogP) is 8.73. The molecule has 6 atom stereocenters. The van der Waals surface area contributed by atoms with Gasteiger partial charge in [-0.2, -0.15) is 0 Å². The lowest BCUT2D eigenvalue weighted by Gasteiger charge is -2.44. The standard InChI is InChI=1S/C33H58O3Si/c1-23(13-11-19-32(6,7)35)28-17-18-29-25(14-12-20-33(28,29)8)15-16-26-21-27(22-30(34)24(26)2)36-37(9,10)31(3,4)5/h15-16,23,27-30,34-35H,2,11-14,17-22H2,1,3-10H3/b25-15?,26-16-/t23-,27-,28-,29+,30+,33-/m1/s1. The van der Waals surface area contributed by atoms with E-state index < -0.39 is 20.0 Å². The molecule has 0 radical (unpaired) electrons. The quantitative estimate of drug-likeness (QED) is 0.308. The van der Waals surface area contributed by atoms with E-state index >= 15 is 0 Å². The van der Waals surface area contributed by atoms with Gasteiger partial charge in [0, 0.05) is 6.42 Å². The number of hydrogen-bond donors (Lipinski definition) is 2. The Morgan fingerprint density at radius 3 is 2.46 bits per heavy atom. The van der Waals surface area contributed by atoms with Crippen molar-refractivity contribution >= 4 is 8.32 Å². The molecule has 0 aliphatic heterocycles. The third-order valence-electron chi connectivity index (χ3n) is 10.7. The van der Waals surface area contributed by atoms with Crippen molar-refractivity contribution in [1.29, 1.82) is 0 Å². The van der Waals surface area contributed by atoms with Gasteiger partial charge in [0.15, 0.2) is 8.32 Å².